The second-order valence-electron chi connectivity index (χ2n) is 4.93. The quantitative estimate of drug-likeness (QED) is 0.752. The van der Waals surface area contributed by atoms with Gasteiger partial charge in [-0.1, -0.05) is 0 Å². The van der Waals surface area contributed by atoms with Gasteiger partial charge in [-0.3, -0.25) is 4.72 Å². The summed E-state index contributed by atoms with van der Waals surface area (Å²) in [6.45, 7) is 0. The number of carboxylic acids is 1. The third-order valence-corrected chi connectivity index (χ3v) is 4.79. The Labute approximate surface area is 149 Å². The van der Waals surface area contributed by atoms with Crippen LogP contribution in [0.15, 0.2) is 35.2 Å². The van der Waals surface area contributed by atoms with Gasteiger partial charge in [0.1, 0.15) is 11.5 Å². The van der Waals surface area contributed by atoms with Crippen LogP contribution >= 0.6 is 0 Å². The Bertz CT molecular complexity index is 927. The second kappa shape index (κ2) is 7.48. The van der Waals surface area contributed by atoms with E-state index in [-0.39, 0.29) is 27.8 Å². The zero-order chi connectivity index (χ0) is 19.5. The molecule has 0 heterocycles. The topological polar surface area (TPSA) is 111 Å². The van der Waals surface area contributed by atoms with Crippen molar-refractivity contribution in [3.8, 4) is 17.2 Å². The number of nitrogens with one attached hydrogen (secondary N) is 1. The molecule has 2 N–H and O–H groups in total. The average Bonchev–Trinajstić information content (AvgIpc) is 2.60. The lowest BCUT2D eigenvalue weighted by atomic mass is 10.1. The van der Waals surface area contributed by atoms with Crippen molar-refractivity contribution in [2.75, 3.05) is 26.1 Å². The summed E-state index contributed by atoms with van der Waals surface area (Å²) in [6.07, 6.45) is 0. The van der Waals surface area contributed by atoms with Gasteiger partial charge in [0.15, 0.2) is 11.5 Å². The highest BCUT2D eigenvalue weighted by atomic mass is 32.2. The molecule has 0 fully saturated rings. The average molecular weight is 385 g/mol. The number of aromatic carboxylic acids is 1. The van der Waals surface area contributed by atoms with Crippen LogP contribution in [0.3, 0.4) is 0 Å². The summed E-state index contributed by atoms with van der Waals surface area (Å²) in [5, 5.41) is 9.44. The van der Waals surface area contributed by atoms with Crippen molar-refractivity contribution in [1.29, 1.82) is 0 Å². The van der Waals surface area contributed by atoms with Crippen LogP contribution in [0.1, 0.15) is 10.4 Å². The largest absolute Gasteiger partial charge is 0.493 e. The Morgan fingerprint density at radius 1 is 1.04 bits per heavy atom. The van der Waals surface area contributed by atoms with Crippen LogP contribution in [0, 0.1) is 5.82 Å². The number of sulfonamides is 1. The van der Waals surface area contributed by atoms with E-state index in [4.69, 9.17) is 14.2 Å². The van der Waals surface area contributed by atoms with E-state index in [0.29, 0.717) is 0 Å². The summed E-state index contributed by atoms with van der Waals surface area (Å²) in [5.41, 5.74) is -0.757. The van der Waals surface area contributed by atoms with Gasteiger partial charge in [-0.15, -0.1) is 0 Å². The maximum Gasteiger partial charge on any atom is 0.338 e. The Hall–Kier alpha value is -3.01. The van der Waals surface area contributed by atoms with Gasteiger partial charge in [0.2, 0.25) is 5.75 Å². The summed E-state index contributed by atoms with van der Waals surface area (Å²) in [4.78, 5) is 11.3. The van der Waals surface area contributed by atoms with Crippen molar-refractivity contribution in [3.05, 3.63) is 41.7 Å². The first kappa shape index (κ1) is 19.3. The van der Waals surface area contributed by atoms with E-state index in [2.05, 4.69) is 4.72 Å². The van der Waals surface area contributed by atoms with Crippen LogP contribution in [0.25, 0.3) is 0 Å². The van der Waals surface area contributed by atoms with Crippen LogP contribution in [-0.4, -0.2) is 40.8 Å². The van der Waals surface area contributed by atoms with Gasteiger partial charge in [0.05, 0.1) is 31.8 Å². The van der Waals surface area contributed by atoms with Crippen molar-refractivity contribution in [2.24, 2.45) is 0 Å². The Morgan fingerprint density at radius 3 is 2.08 bits per heavy atom. The number of methoxy groups -OCH3 is 3. The fourth-order valence-electron chi connectivity index (χ4n) is 2.23. The third-order valence-electron chi connectivity index (χ3n) is 3.42. The number of hydrogen-bond donors (Lipinski definition) is 2. The number of ether oxygens (including phenoxy) is 3. The molecule has 0 radical (unpaired) electrons. The molecule has 0 unspecified atom stereocenters. The van der Waals surface area contributed by atoms with E-state index in [1.165, 1.54) is 21.3 Å². The first-order valence-electron chi connectivity index (χ1n) is 7.09. The molecule has 0 saturated heterocycles. The Morgan fingerprint density at radius 2 is 1.62 bits per heavy atom. The van der Waals surface area contributed by atoms with E-state index in [9.17, 15) is 22.7 Å². The van der Waals surface area contributed by atoms with Crippen molar-refractivity contribution >= 4 is 21.7 Å². The molecular formula is C16H16FNO7S. The maximum atomic E-state index is 13.0. The SMILES string of the molecule is COc1cc(C(=O)O)c(NS(=O)(=O)c2ccc(F)cc2)c(OC)c1OC. The van der Waals surface area contributed by atoms with E-state index < -0.39 is 27.4 Å². The van der Waals surface area contributed by atoms with Crippen LogP contribution in [0.5, 0.6) is 17.2 Å². The molecule has 2 rings (SSSR count). The molecule has 26 heavy (non-hydrogen) atoms. The Balaban J connectivity index is 2.67. The lowest BCUT2D eigenvalue weighted by molar-refractivity contribution is 0.0697. The number of carboxylic acid groups (broad SMARTS) is 1. The zero-order valence-corrected chi connectivity index (χ0v) is 14.9. The van der Waals surface area contributed by atoms with Crippen molar-refractivity contribution < 1.29 is 36.9 Å². The van der Waals surface area contributed by atoms with E-state index in [0.717, 1.165) is 30.3 Å². The van der Waals surface area contributed by atoms with Crippen LogP contribution in [-0.2, 0) is 10.0 Å². The molecule has 0 atom stereocenters. The predicted molar refractivity (Wildman–Crippen MR) is 90.3 cm³/mol. The highest BCUT2D eigenvalue weighted by molar-refractivity contribution is 7.92. The smallest absolute Gasteiger partial charge is 0.338 e. The minimum absolute atomic E-state index is 0.0109. The molecule has 0 aliphatic heterocycles. The molecule has 10 heteroatoms. The number of benzene rings is 2. The highest BCUT2D eigenvalue weighted by Crippen LogP contribution is 2.45. The first-order chi connectivity index (χ1) is 12.2. The number of anilines is 1. The summed E-state index contributed by atoms with van der Waals surface area (Å²) < 4.78 is 55.7. The van der Waals surface area contributed by atoms with Crippen LogP contribution < -0.4 is 18.9 Å². The summed E-state index contributed by atoms with van der Waals surface area (Å²) in [5.74, 6) is -2.14. The number of hydrogen-bond acceptors (Lipinski definition) is 6. The minimum atomic E-state index is -4.22. The third kappa shape index (κ3) is 3.64. The van der Waals surface area contributed by atoms with Gasteiger partial charge in [-0.25, -0.2) is 17.6 Å². The fourth-order valence-corrected chi connectivity index (χ4v) is 3.32. The van der Waals surface area contributed by atoms with Gasteiger partial charge in [-0.05, 0) is 24.3 Å². The first-order valence-corrected chi connectivity index (χ1v) is 8.58. The zero-order valence-electron chi connectivity index (χ0n) is 14.1. The van der Waals surface area contributed by atoms with Crippen molar-refractivity contribution in [1.82, 2.24) is 0 Å². The molecule has 140 valence electrons. The molecule has 0 aliphatic carbocycles. The predicted octanol–water partition coefficient (Wildman–Crippen LogP) is 2.35. The maximum absolute atomic E-state index is 13.0. The molecule has 0 aliphatic rings. The molecule has 0 spiro atoms. The molecule has 2 aromatic carbocycles. The molecule has 0 amide bonds. The van der Waals surface area contributed by atoms with E-state index in [1.54, 1.807) is 0 Å². The standard InChI is InChI=1S/C16H16FNO7S/c1-23-12-8-11(16(19)20)13(15(25-3)14(12)24-2)18-26(21,22)10-6-4-9(17)5-7-10/h4-8,18H,1-3H3,(H,19,20). The van der Waals surface area contributed by atoms with Gasteiger partial charge >= 0.3 is 5.97 Å². The lowest BCUT2D eigenvalue weighted by Crippen LogP contribution is -2.17. The molecule has 8 nitrogen and oxygen atoms in total. The normalized spacial score (nSPS) is 10.9. The molecule has 2 aromatic rings. The number of carbonyl (C=O) groups is 1. The van der Waals surface area contributed by atoms with E-state index >= 15 is 0 Å². The fraction of sp³-hybridized carbons (Fsp3) is 0.188. The summed E-state index contributed by atoms with van der Waals surface area (Å²) in [7, 11) is -0.411. The highest BCUT2D eigenvalue weighted by Gasteiger charge is 2.27. The summed E-state index contributed by atoms with van der Waals surface area (Å²) >= 11 is 0. The van der Waals surface area contributed by atoms with Crippen molar-refractivity contribution in [3.63, 3.8) is 0 Å². The van der Waals surface area contributed by atoms with Crippen LogP contribution in [0.2, 0.25) is 0 Å². The molecule has 0 bridgehead atoms. The van der Waals surface area contributed by atoms with Crippen LogP contribution in [0.4, 0.5) is 10.1 Å². The lowest BCUT2D eigenvalue weighted by Gasteiger charge is -2.19. The minimum Gasteiger partial charge on any atom is -0.493 e. The van der Waals surface area contributed by atoms with Gasteiger partial charge in [-0.2, -0.15) is 0 Å². The molecule has 0 saturated carbocycles. The van der Waals surface area contributed by atoms with Gasteiger partial charge in [0, 0.05) is 6.07 Å². The molecule has 0 aromatic heterocycles. The van der Waals surface area contributed by atoms with E-state index in [1.807, 2.05) is 0 Å². The summed E-state index contributed by atoms with van der Waals surface area (Å²) in [6, 6.07) is 5.14. The molecular weight excluding hydrogens is 369 g/mol. The Kier molecular flexibility index (Phi) is 5.56. The monoisotopic (exact) mass is 385 g/mol. The van der Waals surface area contributed by atoms with Crippen molar-refractivity contribution in [2.45, 2.75) is 4.90 Å². The van der Waals surface area contributed by atoms with Gasteiger partial charge in [0.25, 0.3) is 10.0 Å². The number of halogens is 1. The number of rotatable bonds is 7. The second-order valence-corrected chi connectivity index (χ2v) is 6.61. The van der Waals surface area contributed by atoms with Gasteiger partial charge < -0.3 is 19.3 Å².